The summed E-state index contributed by atoms with van der Waals surface area (Å²) in [4.78, 5) is 40.5. The minimum absolute atomic E-state index is 0.169. The highest BCUT2D eigenvalue weighted by Gasteiger charge is 2.32. The van der Waals surface area contributed by atoms with Gasteiger partial charge >= 0.3 is 18.0 Å². The molecule has 29 heavy (non-hydrogen) atoms. The van der Waals surface area contributed by atoms with Crippen LogP contribution in [-0.2, 0) is 30.4 Å². The van der Waals surface area contributed by atoms with Crippen molar-refractivity contribution in [3.05, 3.63) is 35.9 Å². The van der Waals surface area contributed by atoms with Crippen molar-refractivity contribution in [3.63, 3.8) is 0 Å². The second-order valence-electron chi connectivity index (χ2n) is 7.31. The Balaban J connectivity index is 3.11. The number of hydroxylamine groups is 2. The summed E-state index contributed by atoms with van der Waals surface area (Å²) >= 11 is 0. The van der Waals surface area contributed by atoms with Crippen LogP contribution in [0.3, 0.4) is 0 Å². The lowest BCUT2D eigenvalue weighted by Crippen LogP contribution is -2.54. The number of hydrogen-bond donors (Lipinski definition) is 1. The Labute approximate surface area is 171 Å². The number of esters is 1. The molecule has 0 aliphatic carbocycles. The van der Waals surface area contributed by atoms with E-state index in [9.17, 15) is 14.4 Å². The van der Waals surface area contributed by atoms with Crippen molar-refractivity contribution in [2.45, 2.75) is 58.8 Å². The van der Waals surface area contributed by atoms with Crippen LogP contribution in [0, 0.1) is 12.3 Å². The van der Waals surface area contributed by atoms with E-state index in [0.717, 1.165) is 5.56 Å². The van der Waals surface area contributed by atoms with Crippen LogP contribution in [0.15, 0.2) is 30.3 Å². The number of nitrogens with zero attached hydrogens (tertiary/aromatic N) is 1. The molecule has 0 aliphatic rings. The first-order valence-corrected chi connectivity index (χ1v) is 9.10. The van der Waals surface area contributed by atoms with Crippen molar-refractivity contribution in [3.8, 4) is 12.3 Å². The zero-order valence-electron chi connectivity index (χ0n) is 17.4. The number of rotatable bonds is 8. The van der Waals surface area contributed by atoms with E-state index in [1.807, 2.05) is 30.3 Å². The Bertz CT molecular complexity index is 736. The Kier molecular flexibility index (Phi) is 9.16. The Morgan fingerprint density at radius 1 is 1.14 bits per heavy atom. The minimum atomic E-state index is -0.925. The van der Waals surface area contributed by atoms with E-state index in [2.05, 4.69) is 11.2 Å². The molecule has 1 rings (SSSR count). The van der Waals surface area contributed by atoms with Crippen LogP contribution in [0.5, 0.6) is 0 Å². The maximum absolute atomic E-state index is 12.3. The fourth-order valence-electron chi connectivity index (χ4n) is 2.39. The summed E-state index contributed by atoms with van der Waals surface area (Å²) in [5, 5.41) is 3.87. The number of amides is 1. The van der Waals surface area contributed by atoms with E-state index in [1.54, 1.807) is 20.8 Å². The van der Waals surface area contributed by atoms with E-state index in [4.69, 9.17) is 20.7 Å². The van der Waals surface area contributed by atoms with Gasteiger partial charge in [-0.05, 0) is 26.3 Å². The molecule has 0 fully saturated rings. The molecule has 0 radical (unpaired) electrons. The van der Waals surface area contributed by atoms with Gasteiger partial charge in [-0.1, -0.05) is 36.3 Å². The van der Waals surface area contributed by atoms with Gasteiger partial charge in [0.1, 0.15) is 18.2 Å². The molecule has 0 spiro atoms. The predicted molar refractivity (Wildman–Crippen MR) is 106 cm³/mol. The topological polar surface area (TPSA) is 94.2 Å². The summed E-state index contributed by atoms with van der Waals surface area (Å²) in [6, 6.07) is 7.39. The van der Waals surface area contributed by atoms with Crippen LogP contribution in [-0.4, -0.2) is 47.4 Å². The van der Waals surface area contributed by atoms with Gasteiger partial charge in [0.2, 0.25) is 0 Å². The van der Waals surface area contributed by atoms with Gasteiger partial charge in [0, 0.05) is 13.8 Å². The predicted octanol–water partition coefficient (Wildman–Crippen LogP) is 2.42. The molecule has 0 heterocycles. The number of carbonyl (C=O) groups is 3. The van der Waals surface area contributed by atoms with Crippen LogP contribution < -0.4 is 5.32 Å². The Morgan fingerprint density at radius 2 is 1.76 bits per heavy atom. The number of ether oxygens (including phenoxy) is 2. The standard InChI is InChI=1S/C21H28N2O6/c1-7-19(23(29-16(3)25)13-17-11-9-8-10-12-17)18(14-27-15(2)24)22-20(26)28-21(4,5)6/h1,8-12,18-19H,13-14H2,2-6H3,(H,22,26)/t18-,19+/m0/s1. The van der Waals surface area contributed by atoms with E-state index in [1.165, 1.54) is 18.9 Å². The van der Waals surface area contributed by atoms with Gasteiger partial charge in [0.15, 0.2) is 0 Å². The summed E-state index contributed by atoms with van der Waals surface area (Å²) in [6.45, 7) is 7.57. The molecule has 1 aromatic rings. The van der Waals surface area contributed by atoms with Crippen LogP contribution in [0.1, 0.15) is 40.2 Å². The molecule has 0 saturated carbocycles. The molecule has 0 bridgehead atoms. The molecule has 1 amide bonds. The zero-order chi connectivity index (χ0) is 22.0. The highest BCUT2D eigenvalue weighted by molar-refractivity contribution is 5.69. The van der Waals surface area contributed by atoms with Crippen LogP contribution >= 0.6 is 0 Å². The molecular weight excluding hydrogens is 376 g/mol. The summed E-state index contributed by atoms with van der Waals surface area (Å²) in [7, 11) is 0. The van der Waals surface area contributed by atoms with Crippen LogP contribution in [0.4, 0.5) is 4.79 Å². The van der Waals surface area contributed by atoms with Gasteiger partial charge in [0.05, 0.1) is 12.6 Å². The third-order valence-corrected chi connectivity index (χ3v) is 3.46. The molecule has 158 valence electrons. The zero-order valence-corrected chi connectivity index (χ0v) is 17.4. The van der Waals surface area contributed by atoms with Crippen molar-refractivity contribution in [2.75, 3.05) is 6.61 Å². The molecule has 8 heteroatoms. The largest absolute Gasteiger partial charge is 0.464 e. The third-order valence-electron chi connectivity index (χ3n) is 3.46. The first kappa shape index (κ1) is 24.0. The molecule has 0 saturated heterocycles. The van der Waals surface area contributed by atoms with Gasteiger partial charge in [-0.15, -0.1) is 11.5 Å². The summed E-state index contributed by atoms with van der Waals surface area (Å²) in [5.74, 6) is 1.39. The lowest BCUT2D eigenvalue weighted by atomic mass is 10.1. The van der Waals surface area contributed by atoms with Gasteiger partial charge in [-0.2, -0.15) is 0 Å². The molecule has 1 N–H and O–H groups in total. The molecule has 0 aliphatic heterocycles. The second kappa shape index (κ2) is 11.1. The van der Waals surface area contributed by atoms with Gasteiger partial charge in [-0.3, -0.25) is 9.59 Å². The highest BCUT2D eigenvalue weighted by Crippen LogP contribution is 2.14. The monoisotopic (exact) mass is 404 g/mol. The van der Waals surface area contributed by atoms with Crippen molar-refractivity contribution < 1.29 is 28.7 Å². The fraction of sp³-hybridized carbons (Fsp3) is 0.476. The first-order valence-electron chi connectivity index (χ1n) is 9.10. The maximum atomic E-state index is 12.3. The number of carbonyl (C=O) groups excluding carboxylic acids is 3. The summed E-state index contributed by atoms with van der Waals surface area (Å²) in [5.41, 5.74) is 0.0962. The molecule has 1 aromatic carbocycles. The number of hydrogen-bond acceptors (Lipinski definition) is 7. The summed E-state index contributed by atoms with van der Waals surface area (Å²) in [6.07, 6.45) is 4.96. The molecular formula is C21H28N2O6. The van der Waals surface area contributed by atoms with E-state index in [0.29, 0.717) is 0 Å². The van der Waals surface area contributed by atoms with Crippen LogP contribution in [0.2, 0.25) is 0 Å². The Hall–Kier alpha value is -3.05. The number of benzene rings is 1. The summed E-state index contributed by atoms with van der Waals surface area (Å²) < 4.78 is 10.3. The van der Waals surface area contributed by atoms with E-state index >= 15 is 0 Å². The molecule has 2 atom stereocenters. The van der Waals surface area contributed by atoms with E-state index in [-0.39, 0.29) is 13.2 Å². The van der Waals surface area contributed by atoms with Crippen molar-refractivity contribution >= 4 is 18.0 Å². The minimum Gasteiger partial charge on any atom is -0.464 e. The molecule has 8 nitrogen and oxygen atoms in total. The lowest BCUT2D eigenvalue weighted by Gasteiger charge is -2.32. The SMILES string of the molecule is C#C[C@H]([C@H](COC(C)=O)NC(=O)OC(C)(C)C)N(Cc1ccccc1)OC(C)=O. The smallest absolute Gasteiger partial charge is 0.408 e. The number of nitrogens with one attached hydrogen (secondary N) is 1. The quantitative estimate of drug-likeness (QED) is 0.404. The van der Waals surface area contributed by atoms with Crippen molar-refractivity contribution in [1.82, 2.24) is 10.4 Å². The van der Waals surface area contributed by atoms with Crippen molar-refractivity contribution in [1.29, 1.82) is 0 Å². The number of terminal acetylenes is 1. The van der Waals surface area contributed by atoms with Crippen molar-refractivity contribution in [2.24, 2.45) is 0 Å². The normalized spacial score (nSPS) is 13.0. The first-order chi connectivity index (χ1) is 13.5. The fourth-order valence-corrected chi connectivity index (χ4v) is 2.39. The van der Waals surface area contributed by atoms with E-state index < -0.39 is 35.7 Å². The van der Waals surface area contributed by atoms with Gasteiger partial charge in [-0.25, -0.2) is 4.79 Å². The maximum Gasteiger partial charge on any atom is 0.408 e. The van der Waals surface area contributed by atoms with Gasteiger partial charge in [0.25, 0.3) is 0 Å². The Morgan fingerprint density at radius 3 is 2.24 bits per heavy atom. The average molecular weight is 404 g/mol. The average Bonchev–Trinajstić information content (AvgIpc) is 2.58. The molecule has 0 unspecified atom stereocenters. The third kappa shape index (κ3) is 9.63. The molecule has 0 aromatic heterocycles. The van der Waals surface area contributed by atoms with Gasteiger partial charge < -0.3 is 19.6 Å². The highest BCUT2D eigenvalue weighted by atomic mass is 16.7. The second-order valence-corrected chi connectivity index (χ2v) is 7.31. The van der Waals surface area contributed by atoms with Crippen LogP contribution in [0.25, 0.3) is 0 Å². The lowest BCUT2D eigenvalue weighted by molar-refractivity contribution is -0.201. The number of alkyl carbamates (subject to hydrolysis) is 1.